The van der Waals surface area contributed by atoms with Crippen LogP contribution >= 0.6 is 23.2 Å². The van der Waals surface area contributed by atoms with E-state index in [0.29, 0.717) is 11.1 Å². The van der Waals surface area contributed by atoms with Crippen molar-refractivity contribution in [1.29, 1.82) is 0 Å². The molecule has 4 heteroatoms. The van der Waals surface area contributed by atoms with E-state index in [4.69, 9.17) is 34.7 Å². The number of benzene rings is 1. The lowest BCUT2D eigenvalue weighted by Gasteiger charge is -2.36. The molecule has 1 saturated carbocycles. The largest absolute Gasteiger partial charge is 0.328 e. The summed E-state index contributed by atoms with van der Waals surface area (Å²) in [6.45, 7) is 0. The summed E-state index contributed by atoms with van der Waals surface area (Å²) in [7, 11) is 0. The zero-order chi connectivity index (χ0) is 13.2. The van der Waals surface area contributed by atoms with Crippen molar-refractivity contribution >= 4 is 23.2 Å². The Kier molecular flexibility index (Phi) is 4.54. The van der Waals surface area contributed by atoms with Gasteiger partial charge in [0.1, 0.15) is 0 Å². The first-order valence-corrected chi connectivity index (χ1v) is 7.22. The highest BCUT2D eigenvalue weighted by Gasteiger charge is 2.30. The minimum Gasteiger partial charge on any atom is -0.328 e. The molecule has 0 atom stereocenters. The highest BCUT2D eigenvalue weighted by molar-refractivity contribution is 6.35. The third kappa shape index (κ3) is 3.61. The Labute approximate surface area is 119 Å². The summed E-state index contributed by atoms with van der Waals surface area (Å²) >= 11 is 12.1. The van der Waals surface area contributed by atoms with Gasteiger partial charge in [-0.1, -0.05) is 29.3 Å². The van der Waals surface area contributed by atoms with Crippen molar-refractivity contribution in [2.75, 3.05) is 0 Å². The van der Waals surface area contributed by atoms with Gasteiger partial charge in [-0.15, -0.1) is 0 Å². The van der Waals surface area contributed by atoms with Crippen molar-refractivity contribution < 1.29 is 0 Å². The summed E-state index contributed by atoms with van der Waals surface area (Å²) < 4.78 is 0. The van der Waals surface area contributed by atoms with E-state index in [1.807, 2.05) is 12.1 Å². The second kappa shape index (κ2) is 5.79. The van der Waals surface area contributed by atoms with Crippen molar-refractivity contribution in [3.05, 3.63) is 33.8 Å². The van der Waals surface area contributed by atoms with Crippen LogP contribution in [0, 0.1) is 0 Å². The maximum atomic E-state index is 6.42. The van der Waals surface area contributed by atoms with Gasteiger partial charge in [-0.3, -0.25) is 0 Å². The second-order valence-electron chi connectivity index (χ2n) is 5.44. The first-order chi connectivity index (χ1) is 8.48. The van der Waals surface area contributed by atoms with Gasteiger partial charge in [0, 0.05) is 21.6 Å². The number of nitrogens with two attached hydrogens (primary N) is 2. The smallest absolute Gasteiger partial charge is 0.0452 e. The third-order valence-electron chi connectivity index (χ3n) is 3.93. The van der Waals surface area contributed by atoms with Gasteiger partial charge in [0.15, 0.2) is 0 Å². The van der Waals surface area contributed by atoms with Gasteiger partial charge >= 0.3 is 0 Å². The predicted molar refractivity (Wildman–Crippen MR) is 78.1 cm³/mol. The van der Waals surface area contributed by atoms with Crippen molar-refractivity contribution in [2.45, 2.75) is 50.1 Å². The van der Waals surface area contributed by atoms with Crippen LogP contribution in [-0.4, -0.2) is 11.6 Å². The Bertz CT molecular complexity index is 412. The van der Waals surface area contributed by atoms with Crippen molar-refractivity contribution in [2.24, 2.45) is 11.5 Å². The zero-order valence-corrected chi connectivity index (χ0v) is 12.0. The molecule has 0 bridgehead atoms. The Hall–Kier alpha value is -0.280. The number of rotatable bonds is 3. The normalized spacial score (nSPS) is 28.3. The predicted octanol–water partition coefficient (Wildman–Crippen LogP) is 3.52. The lowest BCUT2D eigenvalue weighted by Crippen LogP contribution is -2.46. The summed E-state index contributed by atoms with van der Waals surface area (Å²) in [6, 6.07) is 5.99. The SMILES string of the molecule is NC1CCC(N)(CCc2ccc(Cl)cc2Cl)CC1. The Balaban J connectivity index is 1.94. The van der Waals surface area contributed by atoms with Crippen LogP contribution in [0.3, 0.4) is 0 Å². The number of hydrogen-bond acceptors (Lipinski definition) is 2. The maximum absolute atomic E-state index is 6.42. The van der Waals surface area contributed by atoms with Gasteiger partial charge in [0.2, 0.25) is 0 Å². The second-order valence-corrected chi connectivity index (χ2v) is 6.28. The van der Waals surface area contributed by atoms with Crippen LogP contribution in [-0.2, 0) is 6.42 Å². The zero-order valence-electron chi connectivity index (χ0n) is 10.5. The average molecular weight is 287 g/mol. The molecule has 0 radical (unpaired) electrons. The van der Waals surface area contributed by atoms with Gasteiger partial charge in [-0.25, -0.2) is 0 Å². The fourth-order valence-electron chi connectivity index (χ4n) is 2.57. The summed E-state index contributed by atoms with van der Waals surface area (Å²) in [6.07, 6.45) is 5.96. The highest BCUT2D eigenvalue weighted by atomic mass is 35.5. The Morgan fingerprint density at radius 2 is 1.89 bits per heavy atom. The fourth-order valence-corrected chi connectivity index (χ4v) is 3.08. The summed E-state index contributed by atoms with van der Waals surface area (Å²) in [5, 5.41) is 1.41. The quantitative estimate of drug-likeness (QED) is 0.893. The topological polar surface area (TPSA) is 52.0 Å². The molecule has 0 aromatic heterocycles. The summed E-state index contributed by atoms with van der Waals surface area (Å²) in [5.74, 6) is 0. The first-order valence-electron chi connectivity index (χ1n) is 6.47. The highest BCUT2D eigenvalue weighted by Crippen LogP contribution is 2.31. The molecule has 100 valence electrons. The minimum atomic E-state index is -0.0706. The van der Waals surface area contributed by atoms with Gasteiger partial charge in [-0.05, 0) is 56.2 Å². The van der Waals surface area contributed by atoms with E-state index in [1.54, 1.807) is 6.07 Å². The van der Waals surface area contributed by atoms with Crippen LogP contribution in [0.5, 0.6) is 0 Å². The van der Waals surface area contributed by atoms with Crippen LogP contribution in [0.2, 0.25) is 10.0 Å². The first kappa shape index (κ1) is 14.1. The fraction of sp³-hybridized carbons (Fsp3) is 0.571. The van der Waals surface area contributed by atoms with Crippen LogP contribution in [0.4, 0.5) is 0 Å². The summed E-state index contributed by atoms with van der Waals surface area (Å²) in [5.41, 5.74) is 13.4. The molecule has 1 aromatic rings. The molecule has 0 heterocycles. The van der Waals surface area contributed by atoms with E-state index in [9.17, 15) is 0 Å². The molecule has 0 amide bonds. The Morgan fingerprint density at radius 1 is 1.22 bits per heavy atom. The molecule has 1 fully saturated rings. The number of hydrogen-bond donors (Lipinski definition) is 2. The molecular weight excluding hydrogens is 267 g/mol. The van der Waals surface area contributed by atoms with Crippen LogP contribution < -0.4 is 11.5 Å². The van der Waals surface area contributed by atoms with Crippen LogP contribution in [0.15, 0.2) is 18.2 Å². The van der Waals surface area contributed by atoms with Crippen LogP contribution in [0.1, 0.15) is 37.7 Å². The molecule has 18 heavy (non-hydrogen) atoms. The lowest BCUT2D eigenvalue weighted by molar-refractivity contribution is 0.258. The maximum Gasteiger partial charge on any atom is 0.0452 e. The molecule has 0 aliphatic heterocycles. The molecule has 4 N–H and O–H groups in total. The van der Waals surface area contributed by atoms with E-state index in [1.165, 1.54) is 0 Å². The summed E-state index contributed by atoms with van der Waals surface area (Å²) in [4.78, 5) is 0. The third-order valence-corrected chi connectivity index (χ3v) is 4.52. The monoisotopic (exact) mass is 286 g/mol. The van der Waals surface area contributed by atoms with Gasteiger partial charge in [0.25, 0.3) is 0 Å². The molecule has 1 aliphatic carbocycles. The van der Waals surface area contributed by atoms with E-state index < -0.39 is 0 Å². The van der Waals surface area contributed by atoms with E-state index in [-0.39, 0.29) is 5.54 Å². The molecule has 0 spiro atoms. The molecule has 0 saturated heterocycles. The molecular formula is C14H20Cl2N2. The van der Waals surface area contributed by atoms with Crippen molar-refractivity contribution in [1.82, 2.24) is 0 Å². The lowest BCUT2D eigenvalue weighted by atomic mass is 9.77. The molecule has 2 rings (SSSR count). The standard InChI is InChI=1S/C14H20Cl2N2/c15-11-2-1-10(13(16)9-11)3-6-14(18)7-4-12(17)5-8-14/h1-2,9,12H,3-8,17-18H2. The minimum absolute atomic E-state index is 0.0706. The van der Waals surface area contributed by atoms with E-state index >= 15 is 0 Å². The molecule has 1 aromatic carbocycles. The van der Waals surface area contributed by atoms with Gasteiger partial charge in [0.05, 0.1) is 0 Å². The van der Waals surface area contributed by atoms with Gasteiger partial charge in [-0.2, -0.15) is 0 Å². The van der Waals surface area contributed by atoms with Gasteiger partial charge < -0.3 is 11.5 Å². The molecule has 1 aliphatic rings. The van der Waals surface area contributed by atoms with Crippen LogP contribution in [0.25, 0.3) is 0 Å². The average Bonchev–Trinajstić information content (AvgIpc) is 2.32. The van der Waals surface area contributed by atoms with Crippen molar-refractivity contribution in [3.63, 3.8) is 0 Å². The Morgan fingerprint density at radius 3 is 2.50 bits per heavy atom. The number of aryl methyl sites for hydroxylation is 1. The number of halogens is 2. The van der Waals surface area contributed by atoms with Crippen molar-refractivity contribution in [3.8, 4) is 0 Å². The molecule has 0 unspecified atom stereocenters. The van der Waals surface area contributed by atoms with E-state index in [2.05, 4.69) is 0 Å². The van der Waals surface area contributed by atoms with E-state index in [0.717, 1.165) is 49.1 Å². The molecule has 2 nitrogen and oxygen atoms in total.